The number of carbonyl (C=O) groups is 6. The number of ether oxygens (including phenoxy) is 2. The smallest absolute Gasteiger partial charge is 0.326 e. The van der Waals surface area contributed by atoms with Crippen molar-refractivity contribution < 1.29 is 58.4 Å². The summed E-state index contributed by atoms with van der Waals surface area (Å²) in [5.41, 5.74) is 0. The topological polar surface area (TPSA) is 235 Å². The van der Waals surface area contributed by atoms with E-state index in [1.165, 1.54) is 38.5 Å². The van der Waals surface area contributed by atoms with E-state index in [1.54, 1.807) is 6.29 Å². The van der Waals surface area contributed by atoms with Crippen molar-refractivity contribution in [3.05, 3.63) is 0 Å². The second kappa shape index (κ2) is 31.7. The molecule has 0 aromatic rings. The number of amides is 3. The van der Waals surface area contributed by atoms with E-state index in [-0.39, 0.29) is 83.3 Å². The lowest BCUT2D eigenvalue weighted by atomic mass is 10.0. The number of hydrogen-bond donors (Lipinski definition) is 6. The van der Waals surface area contributed by atoms with Crippen LogP contribution in [0.3, 0.4) is 0 Å². The molecule has 0 rings (SSSR count). The third-order valence-corrected chi connectivity index (χ3v) is 7.68. The summed E-state index contributed by atoms with van der Waals surface area (Å²) in [6.07, 6.45) is 16.7. The van der Waals surface area contributed by atoms with Gasteiger partial charge in [0.2, 0.25) is 17.7 Å². The Morgan fingerprint density at radius 2 is 1.00 bits per heavy atom. The van der Waals surface area contributed by atoms with Gasteiger partial charge in [-0.3, -0.25) is 24.0 Å². The molecule has 0 bridgehead atoms. The van der Waals surface area contributed by atoms with Gasteiger partial charge in [-0.25, -0.2) is 9.59 Å². The van der Waals surface area contributed by atoms with Gasteiger partial charge in [0.05, 0.1) is 19.8 Å². The van der Waals surface area contributed by atoms with Crippen molar-refractivity contribution in [1.82, 2.24) is 16.0 Å². The summed E-state index contributed by atoms with van der Waals surface area (Å²) in [6.45, 7) is 0.0736. The first kappa shape index (κ1) is 45.4. The molecule has 2 atom stereocenters. The van der Waals surface area contributed by atoms with E-state index in [2.05, 4.69) is 16.0 Å². The van der Waals surface area contributed by atoms with Crippen molar-refractivity contribution in [2.24, 2.45) is 0 Å². The molecular formula is C34H58N3O12. The number of carboxylic acids is 3. The molecule has 0 heterocycles. The van der Waals surface area contributed by atoms with Gasteiger partial charge < -0.3 is 40.7 Å². The van der Waals surface area contributed by atoms with Crippen LogP contribution in [-0.2, 0) is 43.0 Å². The second-order valence-corrected chi connectivity index (χ2v) is 12.0. The number of unbranched alkanes of at least 4 members (excludes halogenated alkanes) is 13. The number of hydrogen-bond acceptors (Lipinski definition) is 9. The highest BCUT2D eigenvalue weighted by Crippen LogP contribution is 2.14. The minimum absolute atomic E-state index is 0.0454. The SMILES string of the molecule is O=[C]CC[C@H](NC(=O)COCCOCCNC(=O)CC[C@H](NC(=O)CCCCCCCCCCCCCCCCC(=O)O)C(=O)O)C(=O)O. The van der Waals surface area contributed by atoms with Crippen LogP contribution in [0.2, 0.25) is 0 Å². The molecule has 15 nitrogen and oxygen atoms in total. The molecule has 0 aromatic carbocycles. The van der Waals surface area contributed by atoms with E-state index in [9.17, 15) is 38.7 Å². The lowest BCUT2D eigenvalue weighted by Gasteiger charge is -2.14. The Morgan fingerprint density at radius 1 is 0.531 bits per heavy atom. The molecule has 0 aliphatic heterocycles. The number of carbonyl (C=O) groups excluding carboxylic acids is 4. The monoisotopic (exact) mass is 700 g/mol. The minimum atomic E-state index is -1.26. The van der Waals surface area contributed by atoms with E-state index >= 15 is 0 Å². The zero-order valence-corrected chi connectivity index (χ0v) is 28.8. The van der Waals surface area contributed by atoms with Crippen molar-refractivity contribution in [1.29, 1.82) is 0 Å². The summed E-state index contributed by atoms with van der Waals surface area (Å²) < 4.78 is 10.4. The fraction of sp³-hybridized carbons (Fsp3) is 0.794. The Balaban J connectivity index is 3.78. The molecule has 0 aromatic heterocycles. The molecular weight excluding hydrogens is 642 g/mol. The van der Waals surface area contributed by atoms with Gasteiger partial charge in [-0.2, -0.15) is 0 Å². The van der Waals surface area contributed by atoms with Gasteiger partial charge in [0, 0.05) is 32.2 Å². The second-order valence-electron chi connectivity index (χ2n) is 12.0. The van der Waals surface area contributed by atoms with E-state index in [4.69, 9.17) is 19.7 Å². The highest BCUT2D eigenvalue weighted by molar-refractivity contribution is 5.85. The quantitative estimate of drug-likeness (QED) is 0.0523. The van der Waals surface area contributed by atoms with Gasteiger partial charge in [-0.05, 0) is 25.7 Å². The normalized spacial score (nSPS) is 12.1. The largest absolute Gasteiger partial charge is 0.481 e. The molecule has 281 valence electrons. The molecule has 0 unspecified atom stereocenters. The fourth-order valence-corrected chi connectivity index (χ4v) is 4.91. The molecule has 0 aliphatic carbocycles. The Hall–Kier alpha value is -3.59. The van der Waals surface area contributed by atoms with Crippen molar-refractivity contribution in [3.63, 3.8) is 0 Å². The molecule has 0 saturated heterocycles. The molecule has 0 fully saturated rings. The summed E-state index contributed by atoms with van der Waals surface area (Å²) in [4.78, 5) is 79.5. The average molecular weight is 701 g/mol. The molecule has 3 amide bonds. The van der Waals surface area contributed by atoms with E-state index in [1.807, 2.05) is 0 Å². The van der Waals surface area contributed by atoms with Crippen LogP contribution in [0, 0.1) is 0 Å². The van der Waals surface area contributed by atoms with Crippen LogP contribution >= 0.6 is 0 Å². The van der Waals surface area contributed by atoms with Crippen LogP contribution in [0.5, 0.6) is 0 Å². The van der Waals surface area contributed by atoms with Gasteiger partial charge in [0.25, 0.3) is 0 Å². The van der Waals surface area contributed by atoms with Crippen molar-refractivity contribution >= 4 is 41.9 Å². The van der Waals surface area contributed by atoms with Crippen LogP contribution in [0.1, 0.15) is 128 Å². The van der Waals surface area contributed by atoms with Crippen LogP contribution in [-0.4, -0.2) is 102 Å². The molecule has 6 N–H and O–H groups in total. The third-order valence-electron chi connectivity index (χ3n) is 7.68. The van der Waals surface area contributed by atoms with Crippen LogP contribution < -0.4 is 16.0 Å². The molecule has 0 saturated carbocycles. The first-order valence-corrected chi connectivity index (χ1v) is 17.6. The zero-order chi connectivity index (χ0) is 36.5. The highest BCUT2D eigenvalue weighted by atomic mass is 16.5. The molecule has 49 heavy (non-hydrogen) atoms. The van der Waals surface area contributed by atoms with Crippen LogP contribution in [0.15, 0.2) is 0 Å². The van der Waals surface area contributed by atoms with Crippen molar-refractivity contribution in [2.75, 3.05) is 33.0 Å². The molecule has 0 spiro atoms. The Bertz CT molecular complexity index is 963. The van der Waals surface area contributed by atoms with Gasteiger partial charge in [-0.1, -0.05) is 77.0 Å². The van der Waals surface area contributed by atoms with Gasteiger partial charge in [0.15, 0.2) is 6.29 Å². The summed E-state index contributed by atoms with van der Waals surface area (Å²) in [5.74, 6) is -4.57. The Kier molecular flexibility index (Phi) is 29.3. The maximum absolute atomic E-state index is 12.2. The van der Waals surface area contributed by atoms with E-state index in [0.717, 1.165) is 44.9 Å². The van der Waals surface area contributed by atoms with Crippen molar-refractivity contribution in [2.45, 2.75) is 141 Å². The lowest BCUT2D eigenvalue weighted by Crippen LogP contribution is -2.42. The summed E-state index contributed by atoms with van der Waals surface area (Å²) in [6, 6.07) is -2.36. The third kappa shape index (κ3) is 30.2. The van der Waals surface area contributed by atoms with Crippen LogP contribution in [0.4, 0.5) is 0 Å². The fourth-order valence-electron chi connectivity index (χ4n) is 4.91. The molecule has 0 aliphatic rings. The number of aliphatic carboxylic acids is 3. The number of nitrogens with one attached hydrogen (secondary N) is 3. The van der Waals surface area contributed by atoms with Crippen LogP contribution in [0.25, 0.3) is 0 Å². The van der Waals surface area contributed by atoms with E-state index < -0.39 is 35.9 Å². The minimum Gasteiger partial charge on any atom is -0.481 e. The zero-order valence-electron chi connectivity index (χ0n) is 28.8. The van der Waals surface area contributed by atoms with Gasteiger partial charge in [0.1, 0.15) is 18.7 Å². The highest BCUT2D eigenvalue weighted by Gasteiger charge is 2.21. The average Bonchev–Trinajstić information content (AvgIpc) is 3.05. The summed E-state index contributed by atoms with van der Waals surface area (Å²) in [7, 11) is 0. The predicted octanol–water partition coefficient (Wildman–Crippen LogP) is 3.27. The lowest BCUT2D eigenvalue weighted by molar-refractivity contribution is -0.143. The van der Waals surface area contributed by atoms with E-state index in [0.29, 0.717) is 6.42 Å². The maximum atomic E-state index is 12.2. The molecule has 15 heteroatoms. The first-order chi connectivity index (χ1) is 23.6. The number of rotatable bonds is 35. The summed E-state index contributed by atoms with van der Waals surface area (Å²) >= 11 is 0. The Labute approximate surface area is 289 Å². The number of carboxylic acid groups (broad SMARTS) is 3. The maximum Gasteiger partial charge on any atom is 0.326 e. The summed E-state index contributed by atoms with van der Waals surface area (Å²) in [5, 5.41) is 34.4. The van der Waals surface area contributed by atoms with Crippen molar-refractivity contribution in [3.8, 4) is 0 Å². The van der Waals surface area contributed by atoms with Gasteiger partial charge in [-0.15, -0.1) is 0 Å². The first-order valence-electron chi connectivity index (χ1n) is 17.6. The standard InChI is InChI=1S/C34H58N3O12/c38-22-15-16-27(33(44)45)37-31(41)26-49-25-24-48-23-21-35-29(39)20-19-28(34(46)47)36-30(40)17-13-11-9-7-5-3-1-2-4-6-8-10-12-14-18-32(42)43/h27-28H,1-21,23-26H2,(H,35,39)(H,36,40)(H,37,41)(H,42,43)(H,44,45)(H,46,47)/t27-,28-/m0/s1. The van der Waals surface area contributed by atoms with Gasteiger partial charge >= 0.3 is 17.9 Å². The molecule has 1 radical (unpaired) electrons. The predicted molar refractivity (Wildman–Crippen MR) is 179 cm³/mol. The Morgan fingerprint density at radius 3 is 1.51 bits per heavy atom.